The van der Waals surface area contributed by atoms with Gasteiger partial charge in [0.25, 0.3) is 5.91 Å². The molecule has 0 N–H and O–H groups in total. The summed E-state index contributed by atoms with van der Waals surface area (Å²) in [6, 6.07) is 15.7. The number of rotatable bonds is 5. The molecule has 0 aliphatic carbocycles. The first-order valence-corrected chi connectivity index (χ1v) is 10.2. The number of hydrogen-bond acceptors (Lipinski definition) is 3. The van der Waals surface area contributed by atoms with Crippen LogP contribution in [0.2, 0.25) is 0 Å². The van der Waals surface area contributed by atoms with Crippen molar-refractivity contribution < 1.29 is 9.59 Å². The van der Waals surface area contributed by atoms with E-state index in [0.717, 1.165) is 36.0 Å². The Labute approximate surface area is 170 Å². The van der Waals surface area contributed by atoms with Crippen LogP contribution < -0.4 is 0 Å². The highest BCUT2D eigenvalue weighted by Gasteiger charge is 2.30. The molecule has 4 rings (SSSR count). The Morgan fingerprint density at radius 1 is 1.14 bits per heavy atom. The number of aromatic nitrogens is 2. The SMILES string of the molecule is CCC(=O)N(C)C[C@H]1CCCN1C(=O)c1ccc(-n2ncc3ccccc32)cc1. The van der Waals surface area contributed by atoms with Gasteiger partial charge in [-0.1, -0.05) is 25.1 Å². The minimum atomic E-state index is 0.0294. The van der Waals surface area contributed by atoms with Gasteiger partial charge in [0.1, 0.15) is 0 Å². The van der Waals surface area contributed by atoms with Gasteiger partial charge >= 0.3 is 0 Å². The molecule has 2 aromatic carbocycles. The zero-order valence-electron chi connectivity index (χ0n) is 16.9. The average molecular weight is 390 g/mol. The van der Waals surface area contributed by atoms with Crippen LogP contribution >= 0.6 is 0 Å². The third kappa shape index (κ3) is 3.75. The van der Waals surface area contributed by atoms with E-state index >= 15 is 0 Å². The summed E-state index contributed by atoms with van der Waals surface area (Å²) in [5.74, 6) is 0.141. The second kappa shape index (κ2) is 8.07. The normalized spacial score (nSPS) is 16.3. The summed E-state index contributed by atoms with van der Waals surface area (Å²) in [5, 5.41) is 5.55. The highest BCUT2D eigenvalue weighted by molar-refractivity contribution is 5.95. The number of carbonyl (C=O) groups excluding carboxylic acids is 2. The molecule has 0 bridgehead atoms. The van der Waals surface area contributed by atoms with Gasteiger partial charge in [0.2, 0.25) is 5.91 Å². The summed E-state index contributed by atoms with van der Waals surface area (Å²) >= 11 is 0. The van der Waals surface area contributed by atoms with E-state index in [1.165, 1.54) is 0 Å². The molecule has 1 aliphatic heterocycles. The molecule has 2 amide bonds. The predicted octanol–water partition coefficient (Wildman–Crippen LogP) is 3.50. The third-order valence-electron chi connectivity index (χ3n) is 5.69. The van der Waals surface area contributed by atoms with Crippen LogP contribution in [0.3, 0.4) is 0 Å². The molecule has 6 nitrogen and oxygen atoms in total. The van der Waals surface area contributed by atoms with Gasteiger partial charge in [-0.25, -0.2) is 4.68 Å². The van der Waals surface area contributed by atoms with Gasteiger partial charge in [-0.15, -0.1) is 0 Å². The van der Waals surface area contributed by atoms with Crippen LogP contribution in [0.15, 0.2) is 54.7 Å². The van der Waals surface area contributed by atoms with Crippen molar-refractivity contribution in [1.29, 1.82) is 0 Å². The molecule has 2 heterocycles. The van der Waals surface area contributed by atoms with E-state index in [2.05, 4.69) is 5.10 Å². The highest BCUT2D eigenvalue weighted by atomic mass is 16.2. The molecule has 0 radical (unpaired) electrons. The lowest BCUT2D eigenvalue weighted by atomic mass is 10.1. The van der Waals surface area contributed by atoms with E-state index < -0.39 is 0 Å². The van der Waals surface area contributed by atoms with Gasteiger partial charge in [-0.2, -0.15) is 5.10 Å². The molecule has 6 heteroatoms. The fraction of sp³-hybridized carbons (Fsp3) is 0.348. The Morgan fingerprint density at radius 3 is 2.66 bits per heavy atom. The lowest BCUT2D eigenvalue weighted by Gasteiger charge is -2.29. The van der Waals surface area contributed by atoms with Crippen molar-refractivity contribution in [2.75, 3.05) is 20.1 Å². The smallest absolute Gasteiger partial charge is 0.254 e. The molecule has 1 aliphatic rings. The number of para-hydroxylation sites is 1. The van der Waals surface area contributed by atoms with Crippen LogP contribution in [0.5, 0.6) is 0 Å². The Morgan fingerprint density at radius 2 is 1.90 bits per heavy atom. The molecule has 0 spiro atoms. The second-order valence-corrected chi connectivity index (χ2v) is 7.58. The molecular weight excluding hydrogens is 364 g/mol. The van der Waals surface area contributed by atoms with E-state index in [9.17, 15) is 9.59 Å². The van der Waals surface area contributed by atoms with Crippen molar-refractivity contribution in [3.63, 3.8) is 0 Å². The van der Waals surface area contributed by atoms with Gasteiger partial charge in [-0.05, 0) is 43.2 Å². The zero-order chi connectivity index (χ0) is 20.4. The fourth-order valence-electron chi connectivity index (χ4n) is 4.07. The van der Waals surface area contributed by atoms with Crippen LogP contribution in [-0.4, -0.2) is 57.6 Å². The number of amides is 2. The Hall–Kier alpha value is -3.15. The molecule has 0 saturated carbocycles. The fourth-order valence-corrected chi connectivity index (χ4v) is 4.07. The van der Waals surface area contributed by atoms with Gasteiger partial charge < -0.3 is 9.80 Å². The number of fused-ring (bicyclic) bond motifs is 1. The maximum Gasteiger partial charge on any atom is 0.254 e. The number of benzene rings is 2. The number of likely N-dealkylation sites (tertiary alicyclic amines) is 1. The van der Waals surface area contributed by atoms with Gasteiger partial charge in [0, 0.05) is 43.5 Å². The van der Waals surface area contributed by atoms with E-state index in [0.29, 0.717) is 18.5 Å². The van der Waals surface area contributed by atoms with E-state index in [1.54, 1.807) is 4.90 Å². The van der Waals surface area contributed by atoms with Crippen LogP contribution in [0, 0.1) is 0 Å². The summed E-state index contributed by atoms with van der Waals surface area (Å²) in [6.07, 6.45) is 4.24. The highest BCUT2D eigenvalue weighted by Crippen LogP contribution is 2.23. The van der Waals surface area contributed by atoms with E-state index in [4.69, 9.17) is 0 Å². The average Bonchev–Trinajstić information content (AvgIpc) is 3.39. The lowest BCUT2D eigenvalue weighted by molar-refractivity contribution is -0.130. The number of hydrogen-bond donors (Lipinski definition) is 0. The quantitative estimate of drug-likeness (QED) is 0.670. The van der Waals surface area contributed by atoms with Crippen molar-refractivity contribution in [1.82, 2.24) is 19.6 Å². The first-order valence-electron chi connectivity index (χ1n) is 10.2. The first kappa shape index (κ1) is 19.2. The molecular formula is C23H26N4O2. The Bertz CT molecular complexity index is 1020. The van der Waals surface area contributed by atoms with Crippen molar-refractivity contribution in [2.24, 2.45) is 0 Å². The van der Waals surface area contributed by atoms with Crippen LogP contribution in [0.25, 0.3) is 16.6 Å². The predicted molar refractivity (Wildman–Crippen MR) is 113 cm³/mol. The number of likely N-dealkylation sites (N-methyl/N-ethyl adjacent to an activating group) is 1. The number of carbonyl (C=O) groups is 2. The molecule has 1 fully saturated rings. The van der Waals surface area contributed by atoms with Crippen molar-refractivity contribution in [3.05, 3.63) is 60.3 Å². The van der Waals surface area contributed by atoms with Crippen LogP contribution in [0.1, 0.15) is 36.5 Å². The molecule has 3 aromatic rings. The maximum atomic E-state index is 13.1. The maximum absolute atomic E-state index is 13.1. The molecule has 150 valence electrons. The van der Waals surface area contributed by atoms with E-state index in [1.807, 2.05) is 78.3 Å². The number of nitrogens with zero attached hydrogens (tertiary/aromatic N) is 4. The van der Waals surface area contributed by atoms with Gasteiger partial charge in [0.05, 0.1) is 17.4 Å². The summed E-state index contributed by atoms with van der Waals surface area (Å²) in [7, 11) is 1.82. The Kier molecular flexibility index (Phi) is 5.34. The molecule has 1 saturated heterocycles. The standard InChI is InChI=1S/C23H26N4O2/c1-3-22(28)25(2)16-20-8-6-14-26(20)23(29)17-10-12-19(13-11-17)27-21-9-5-4-7-18(21)15-24-27/h4-5,7,9-13,15,20H,3,6,8,14,16H2,1-2H3/t20-/m1/s1. The minimum Gasteiger partial charge on any atom is -0.344 e. The second-order valence-electron chi connectivity index (χ2n) is 7.58. The molecule has 29 heavy (non-hydrogen) atoms. The monoisotopic (exact) mass is 390 g/mol. The molecule has 1 atom stereocenters. The van der Waals surface area contributed by atoms with Crippen molar-refractivity contribution in [3.8, 4) is 5.69 Å². The zero-order valence-corrected chi connectivity index (χ0v) is 16.9. The summed E-state index contributed by atoms with van der Waals surface area (Å²) in [6.45, 7) is 3.19. The third-order valence-corrected chi connectivity index (χ3v) is 5.69. The van der Waals surface area contributed by atoms with Crippen molar-refractivity contribution >= 4 is 22.7 Å². The van der Waals surface area contributed by atoms with Crippen molar-refractivity contribution in [2.45, 2.75) is 32.2 Å². The minimum absolute atomic E-state index is 0.0294. The lowest BCUT2D eigenvalue weighted by Crippen LogP contribution is -2.43. The summed E-state index contributed by atoms with van der Waals surface area (Å²) in [5.41, 5.74) is 2.63. The molecule has 1 aromatic heterocycles. The van der Waals surface area contributed by atoms with E-state index in [-0.39, 0.29) is 17.9 Å². The van der Waals surface area contributed by atoms with Gasteiger partial charge in [-0.3, -0.25) is 9.59 Å². The largest absolute Gasteiger partial charge is 0.344 e. The summed E-state index contributed by atoms with van der Waals surface area (Å²) in [4.78, 5) is 28.6. The van der Waals surface area contributed by atoms with Crippen LogP contribution in [0.4, 0.5) is 0 Å². The van der Waals surface area contributed by atoms with Gasteiger partial charge in [0.15, 0.2) is 0 Å². The summed E-state index contributed by atoms with van der Waals surface area (Å²) < 4.78 is 1.88. The Balaban J connectivity index is 1.51. The molecule has 0 unspecified atom stereocenters. The topological polar surface area (TPSA) is 58.4 Å². The first-order chi connectivity index (χ1) is 14.1. The van der Waals surface area contributed by atoms with Crippen LogP contribution in [-0.2, 0) is 4.79 Å².